The maximum absolute atomic E-state index is 6.44. The maximum Gasteiger partial charge on any atom is 0.137 e. The van der Waals surface area contributed by atoms with E-state index in [4.69, 9.17) is 4.42 Å². The van der Waals surface area contributed by atoms with Gasteiger partial charge in [0, 0.05) is 16.6 Å². The van der Waals surface area contributed by atoms with E-state index in [0.29, 0.717) is 0 Å². The van der Waals surface area contributed by atoms with Crippen LogP contribution in [0.5, 0.6) is 0 Å². The lowest BCUT2D eigenvalue weighted by atomic mass is 9.90. The van der Waals surface area contributed by atoms with Crippen molar-refractivity contribution in [1.29, 1.82) is 0 Å². The Kier molecular flexibility index (Phi) is 7.18. The third-order valence-electron chi connectivity index (χ3n) is 10.3. The van der Waals surface area contributed by atoms with Crippen LogP contribution in [0.2, 0.25) is 0 Å². The van der Waals surface area contributed by atoms with Crippen molar-refractivity contribution in [2.45, 2.75) is 0 Å². The van der Waals surface area contributed by atoms with E-state index >= 15 is 0 Å². The summed E-state index contributed by atoms with van der Waals surface area (Å²) in [4.78, 5) is 2.41. The molecular formula is C50H33NO. The van der Waals surface area contributed by atoms with Crippen molar-refractivity contribution in [2.24, 2.45) is 0 Å². The highest BCUT2D eigenvalue weighted by atomic mass is 16.3. The summed E-state index contributed by atoms with van der Waals surface area (Å²) in [6.07, 6.45) is 0. The quantitative estimate of drug-likeness (QED) is 0.176. The van der Waals surface area contributed by atoms with Gasteiger partial charge in [-0.15, -0.1) is 0 Å². The first kappa shape index (κ1) is 30.0. The molecule has 0 saturated carbocycles. The molecule has 10 aromatic rings. The third-order valence-corrected chi connectivity index (χ3v) is 10.3. The van der Waals surface area contributed by atoms with Crippen molar-refractivity contribution in [3.05, 3.63) is 200 Å². The van der Waals surface area contributed by atoms with Gasteiger partial charge >= 0.3 is 0 Å². The number of furan rings is 1. The van der Waals surface area contributed by atoms with Gasteiger partial charge in [-0.2, -0.15) is 0 Å². The van der Waals surface area contributed by atoms with Crippen molar-refractivity contribution in [1.82, 2.24) is 0 Å². The lowest BCUT2D eigenvalue weighted by molar-refractivity contribution is 0.669. The summed E-state index contributed by atoms with van der Waals surface area (Å²) >= 11 is 0. The van der Waals surface area contributed by atoms with E-state index < -0.39 is 0 Å². The van der Waals surface area contributed by atoms with Crippen LogP contribution in [0.4, 0.5) is 17.1 Å². The number of rotatable bonds is 6. The minimum absolute atomic E-state index is 0.866. The minimum Gasteiger partial charge on any atom is -0.456 e. The Bertz CT molecular complexity index is 2890. The highest BCUT2D eigenvalue weighted by Crippen LogP contribution is 2.48. The molecule has 244 valence electrons. The van der Waals surface area contributed by atoms with Gasteiger partial charge in [-0.1, -0.05) is 164 Å². The lowest BCUT2D eigenvalue weighted by Gasteiger charge is -2.29. The van der Waals surface area contributed by atoms with Crippen LogP contribution in [0.3, 0.4) is 0 Å². The summed E-state index contributed by atoms with van der Waals surface area (Å²) in [5.74, 6) is 0. The monoisotopic (exact) mass is 663 g/mol. The highest BCUT2D eigenvalue weighted by Gasteiger charge is 2.23. The van der Waals surface area contributed by atoms with Gasteiger partial charge in [0.15, 0.2) is 0 Å². The number of fused-ring (bicyclic) bond motifs is 5. The normalized spacial score (nSPS) is 11.5. The maximum atomic E-state index is 6.44. The average molecular weight is 664 g/mol. The number of hydrogen-bond donors (Lipinski definition) is 0. The van der Waals surface area contributed by atoms with Crippen molar-refractivity contribution in [3.63, 3.8) is 0 Å². The van der Waals surface area contributed by atoms with Gasteiger partial charge in [-0.05, 0) is 85.8 Å². The van der Waals surface area contributed by atoms with Crippen LogP contribution in [0, 0.1) is 0 Å². The van der Waals surface area contributed by atoms with Crippen LogP contribution >= 0.6 is 0 Å². The molecule has 0 N–H and O–H groups in total. The number of nitrogens with zero attached hydrogens (tertiary/aromatic N) is 1. The minimum atomic E-state index is 0.866. The molecule has 0 aliphatic rings. The van der Waals surface area contributed by atoms with Crippen LogP contribution in [0.15, 0.2) is 205 Å². The molecule has 0 atom stereocenters. The SMILES string of the molecule is c1ccc(-c2cccc3cccc(-c4ccccc4N(c4ccc(-c5cccc6ccccc56)cc4)c4cccc5oc6ccccc6c45)c23)cc1. The second-order valence-electron chi connectivity index (χ2n) is 13.2. The molecule has 0 amide bonds. The number of benzene rings is 9. The molecule has 0 spiro atoms. The van der Waals surface area contributed by atoms with E-state index in [9.17, 15) is 0 Å². The number of hydrogen-bond acceptors (Lipinski definition) is 2. The van der Waals surface area contributed by atoms with E-state index in [1.807, 2.05) is 6.07 Å². The molecule has 0 saturated heterocycles. The van der Waals surface area contributed by atoms with Crippen LogP contribution in [0.1, 0.15) is 0 Å². The predicted molar refractivity (Wildman–Crippen MR) is 220 cm³/mol. The van der Waals surface area contributed by atoms with E-state index in [0.717, 1.165) is 44.6 Å². The fourth-order valence-corrected chi connectivity index (χ4v) is 7.94. The molecular weight excluding hydrogens is 631 g/mol. The Balaban J connectivity index is 1.23. The molecule has 2 nitrogen and oxygen atoms in total. The van der Waals surface area contributed by atoms with E-state index in [2.05, 4.69) is 199 Å². The van der Waals surface area contributed by atoms with Crippen molar-refractivity contribution < 1.29 is 4.42 Å². The zero-order valence-electron chi connectivity index (χ0n) is 28.4. The van der Waals surface area contributed by atoms with E-state index in [1.165, 1.54) is 49.4 Å². The Morgan fingerprint density at radius 1 is 0.308 bits per heavy atom. The number of para-hydroxylation sites is 2. The summed E-state index contributed by atoms with van der Waals surface area (Å²) in [7, 11) is 0. The second kappa shape index (κ2) is 12.5. The topological polar surface area (TPSA) is 16.4 Å². The van der Waals surface area contributed by atoms with Crippen molar-refractivity contribution >= 4 is 60.5 Å². The summed E-state index contributed by atoms with van der Waals surface area (Å²) in [5.41, 5.74) is 12.1. The zero-order chi connectivity index (χ0) is 34.4. The molecule has 0 bridgehead atoms. The molecule has 0 radical (unpaired) electrons. The summed E-state index contributed by atoms with van der Waals surface area (Å²) in [6.45, 7) is 0. The second-order valence-corrected chi connectivity index (χ2v) is 13.2. The zero-order valence-corrected chi connectivity index (χ0v) is 28.4. The van der Waals surface area contributed by atoms with Crippen LogP contribution in [-0.4, -0.2) is 0 Å². The smallest absolute Gasteiger partial charge is 0.137 e. The van der Waals surface area contributed by atoms with Crippen molar-refractivity contribution in [3.8, 4) is 33.4 Å². The fraction of sp³-hybridized carbons (Fsp3) is 0. The molecule has 0 unspecified atom stereocenters. The highest BCUT2D eigenvalue weighted by molar-refractivity contribution is 6.15. The summed E-state index contributed by atoms with van der Waals surface area (Å²) in [5, 5.41) is 7.13. The summed E-state index contributed by atoms with van der Waals surface area (Å²) < 4.78 is 6.44. The molecule has 10 rings (SSSR count). The molecule has 2 heteroatoms. The molecule has 1 aromatic heterocycles. The Labute approximate surface area is 302 Å². The standard InChI is InChI=1S/C50H33NO/c1-2-14-35(15-3-1)41-24-11-18-37-19-12-25-43(49(37)41)42-21-6-8-26-45(42)51(46-27-13-29-48-50(46)44-22-7-9-28-47(44)52-48)38-32-30-36(31-33-38)40-23-10-17-34-16-4-5-20-39(34)40/h1-33H. The molecule has 0 aliphatic heterocycles. The van der Waals surface area contributed by atoms with Crippen LogP contribution in [0.25, 0.3) is 76.9 Å². The van der Waals surface area contributed by atoms with E-state index in [-0.39, 0.29) is 0 Å². The first-order valence-electron chi connectivity index (χ1n) is 17.8. The van der Waals surface area contributed by atoms with Gasteiger partial charge in [-0.3, -0.25) is 0 Å². The van der Waals surface area contributed by atoms with Crippen LogP contribution < -0.4 is 4.90 Å². The first-order valence-corrected chi connectivity index (χ1v) is 17.8. The molecule has 1 heterocycles. The molecule has 0 aliphatic carbocycles. The third kappa shape index (κ3) is 4.96. The van der Waals surface area contributed by atoms with Gasteiger partial charge in [0.1, 0.15) is 11.2 Å². The lowest BCUT2D eigenvalue weighted by Crippen LogP contribution is -2.11. The molecule has 9 aromatic carbocycles. The molecule has 0 fully saturated rings. The van der Waals surface area contributed by atoms with Gasteiger partial charge in [0.2, 0.25) is 0 Å². The Hall–Kier alpha value is -6.90. The largest absolute Gasteiger partial charge is 0.456 e. The number of anilines is 3. The van der Waals surface area contributed by atoms with Crippen LogP contribution in [-0.2, 0) is 0 Å². The fourth-order valence-electron chi connectivity index (χ4n) is 7.94. The summed E-state index contributed by atoms with van der Waals surface area (Å²) in [6, 6.07) is 71.7. The molecule has 52 heavy (non-hydrogen) atoms. The Morgan fingerprint density at radius 2 is 0.865 bits per heavy atom. The van der Waals surface area contributed by atoms with Crippen molar-refractivity contribution in [2.75, 3.05) is 4.90 Å². The van der Waals surface area contributed by atoms with Gasteiger partial charge in [0.05, 0.1) is 16.8 Å². The van der Waals surface area contributed by atoms with Gasteiger partial charge in [-0.25, -0.2) is 0 Å². The van der Waals surface area contributed by atoms with E-state index in [1.54, 1.807) is 0 Å². The average Bonchev–Trinajstić information content (AvgIpc) is 3.61. The first-order chi connectivity index (χ1) is 25.8. The Morgan fingerprint density at radius 3 is 1.71 bits per heavy atom. The van der Waals surface area contributed by atoms with Gasteiger partial charge < -0.3 is 9.32 Å². The predicted octanol–water partition coefficient (Wildman–Crippen LogP) is 14.4. The van der Waals surface area contributed by atoms with Gasteiger partial charge in [0.25, 0.3) is 0 Å².